The number of hydrogen-bond acceptors (Lipinski definition) is 5. The number of furan rings is 1. The van der Waals surface area contributed by atoms with Crippen LogP contribution in [-0.2, 0) is 9.53 Å². The van der Waals surface area contributed by atoms with Crippen LogP contribution in [0.15, 0.2) is 47.1 Å². The molecule has 1 heterocycles. The Bertz CT molecular complexity index is 862. The van der Waals surface area contributed by atoms with Gasteiger partial charge in [0.2, 0.25) is 0 Å². The van der Waals surface area contributed by atoms with Crippen LogP contribution < -0.4 is 10.6 Å². The average Bonchev–Trinajstić information content (AvgIpc) is 3.25. The van der Waals surface area contributed by atoms with Gasteiger partial charge in [-0.1, -0.05) is 38.8 Å². The summed E-state index contributed by atoms with van der Waals surface area (Å²) in [6.45, 7) is 3.96. The standard InChI is InChI=1S/C22H26N2O5/c1-14-7-5-10-17(15(14)2)23-20(25)13-29-22(27)16-8-3-4-9-18(16)24-21(26)19-11-6-12-28-19/h3-4,6,8-9,11-12,14-15,17H,5,7,10,13H2,1-2H3,(H,23,25)(H,24,26)/t14-,15+,17+/m1/s1. The molecule has 0 bridgehead atoms. The van der Waals surface area contributed by atoms with Gasteiger partial charge in [0, 0.05) is 6.04 Å². The molecular weight excluding hydrogens is 372 g/mol. The number of para-hydroxylation sites is 1. The molecular formula is C22H26N2O5. The highest BCUT2D eigenvalue weighted by atomic mass is 16.5. The molecule has 29 heavy (non-hydrogen) atoms. The summed E-state index contributed by atoms with van der Waals surface area (Å²) in [7, 11) is 0. The van der Waals surface area contributed by atoms with Crippen LogP contribution in [0, 0.1) is 11.8 Å². The smallest absolute Gasteiger partial charge is 0.340 e. The predicted octanol–water partition coefficient (Wildman–Crippen LogP) is 3.63. The molecule has 0 saturated heterocycles. The van der Waals surface area contributed by atoms with Crippen molar-refractivity contribution in [1.29, 1.82) is 0 Å². The minimum absolute atomic E-state index is 0.102. The third-order valence-electron chi connectivity index (χ3n) is 5.53. The first-order valence-electron chi connectivity index (χ1n) is 9.86. The van der Waals surface area contributed by atoms with Gasteiger partial charge < -0.3 is 19.8 Å². The molecule has 3 atom stereocenters. The van der Waals surface area contributed by atoms with E-state index in [1.165, 1.54) is 24.8 Å². The van der Waals surface area contributed by atoms with E-state index in [2.05, 4.69) is 24.5 Å². The largest absolute Gasteiger partial charge is 0.459 e. The van der Waals surface area contributed by atoms with Crippen molar-refractivity contribution >= 4 is 23.5 Å². The van der Waals surface area contributed by atoms with Gasteiger partial charge in [0.05, 0.1) is 17.5 Å². The van der Waals surface area contributed by atoms with E-state index < -0.39 is 11.9 Å². The molecule has 154 valence electrons. The van der Waals surface area contributed by atoms with E-state index in [0.717, 1.165) is 12.8 Å². The number of nitrogens with one attached hydrogen (secondary N) is 2. The summed E-state index contributed by atoms with van der Waals surface area (Å²) in [6, 6.07) is 9.68. The fourth-order valence-electron chi connectivity index (χ4n) is 3.60. The lowest BCUT2D eigenvalue weighted by atomic mass is 9.78. The van der Waals surface area contributed by atoms with Crippen LogP contribution >= 0.6 is 0 Å². The van der Waals surface area contributed by atoms with Gasteiger partial charge in [-0.25, -0.2) is 4.79 Å². The third-order valence-corrected chi connectivity index (χ3v) is 5.53. The topological polar surface area (TPSA) is 97.6 Å². The zero-order valence-electron chi connectivity index (χ0n) is 16.6. The molecule has 3 rings (SSSR count). The van der Waals surface area contributed by atoms with Gasteiger partial charge in [-0.05, 0) is 42.5 Å². The van der Waals surface area contributed by atoms with Crippen molar-refractivity contribution in [2.75, 3.05) is 11.9 Å². The van der Waals surface area contributed by atoms with Crippen molar-refractivity contribution in [1.82, 2.24) is 5.32 Å². The van der Waals surface area contributed by atoms with Crippen LogP contribution in [0.3, 0.4) is 0 Å². The maximum atomic E-state index is 12.5. The highest BCUT2D eigenvalue weighted by molar-refractivity contribution is 6.06. The Labute approximate surface area is 169 Å². The predicted molar refractivity (Wildman–Crippen MR) is 107 cm³/mol. The number of carbonyl (C=O) groups is 3. The number of esters is 1. The van der Waals surface area contributed by atoms with Crippen LogP contribution in [0.25, 0.3) is 0 Å². The molecule has 1 aliphatic carbocycles. The third kappa shape index (κ3) is 5.25. The van der Waals surface area contributed by atoms with E-state index in [9.17, 15) is 14.4 Å². The van der Waals surface area contributed by atoms with Crippen LogP contribution in [0.2, 0.25) is 0 Å². The van der Waals surface area contributed by atoms with Crippen LogP contribution in [0.1, 0.15) is 54.0 Å². The summed E-state index contributed by atoms with van der Waals surface area (Å²) in [5, 5.41) is 5.60. The summed E-state index contributed by atoms with van der Waals surface area (Å²) in [5.74, 6) is -0.402. The molecule has 1 aromatic carbocycles. The zero-order chi connectivity index (χ0) is 20.8. The van der Waals surface area contributed by atoms with Crippen molar-refractivity contribution in [2.45, 2.75) is 39.2 Å². The van der Waals surface area contributed by atoms with E-state index in [0.29, 0.717) is 11.8 Å². The van der Waals surface area contributed by atoms with Gasteiger partial charge in [-0.2, -0.15) is 0 Å². The fourth-order valence-corrected chi connectivity index (χ4v) is 3.60. The Kier molecular flexibility index (Phi) is 6.69. The molecule has 0 unspecified atom stereocenters. The van der Waals surface area contributed by atoms with Gasteiger partial charge in [-0.15, -0.1) is 0 Å². The lowest BCUT2D eigenvalue weighted by Gasteiger charge is -2.34. The molecule has 0 aliphatic heterocycles. The minimum Gasteiger partial charge on any atom is -0.459 e. The normalized spacial score (nSPS) is 21.2. The number of hydrogen-bond donors (Lipinski definition) is 2. The van der Waals surface area contributed by atoms with Crippen molar-refractivity contribution in [3.05, 3.63) is 54.0 Å². The Morgan fingerprint density at radius 1 is 1.10 bits per heavy atom. The van der Waals surface area contributed by atoms with E-state index in [1.54, 1.807) is 24.3 Å². The van der Waals surface area contributed by atoms with E-state index >= 15 is 0 Å². The Morgan fingerprint density at radius 2 is 1.90 bits per heavy atom. The van der Waals surface area contributed by atoms with Crippen molar-refractivity contribution in [3.8, 4) is 0 Å². The lowest BCUT2D eigenvalue weighted by molar-refractivity contribution is -0.125. The van der Waals surface area contributed by atoms with Gasteiger partial charge in [0.1, 0.15) is 0 Å². The van der Waals surface area contributed by atoms with E-state index in [-0.39, 0.29) is 35.6 Å². The number of amides is 2. The van der Waals surface area contributed by atoms with Crippen LogP contribution in [0.5, 0.6) is 0 Å². The maximum Gasteiger partial charge on any atom is 0.340 e. The maximum absolute atomic E-state index is 12.5. The lowest BCUT2D eigenvalue weighted by Crippen LogP contribution is -2.45. The summed E-state index contributed by atoms with van der Waals surface area (Å²) in [6.07, 6.45) is 4.58. The summed E-state index contributed by atoms with van der Waals surface area (Å²) >= 11 is 0. The fraction of sp³-hybridized carbons (Fsp3) is 0.409. The second-order valence-electron chi connectivity index (χ2n) is 7.49. The van der Waals surface area contributed by atoms with Gasteiger partial charge in [-0.3, -0.25) is 9.59 Å². The molecule has 2 aromatic rings. The first-order chi connectivity index (χ1) is 14.0. The number of ether oxygens (including phenoxy) is 1. The van der Waals surface area contributed by atoms with Gasteiger partial charge in [0.25, 0.3) is 11.8 Å². The quantitative estimate of drug-likeness (QED) is 0.724. The zero-order valence-corrected chi connectivity index (χ0v) is 16.6. The molecule has 1 saturated carbocycles. The van der Waals surface area contributed by atoms with E-state index in [4.69, 9.17) is 9.15 Å². The minimum atomic E-state index is -0.680. The molecule has 2 N–H and O–H groups in total. The molecule has 1 fully saturated rings. The number of anilines is 1. The van der Waals surface area contributed by atoms with E-state index in [1.807, 2.05) is 0 Å². The second-order valence-corrected chi connectivity index (χ2v) is 7.49. The molecule has 0 radical (unpaired) electrons. The van der Waals surface area contributed by atoms with Gasteiger partial charge >= 0.3 is 5.97 Å². The molecule has 7 nitrogen and oxygen atoms in total. The molecule has 1 aromatic heterocycles. The van der Waals surface area contributed by atoms with Crippen molar-refractivity contribution in [2.24, 2.45) is 11.8 Å². The summed E-state index contributed by atoms with van der Waals surface area (Å²) < 4.78 is 10.2. The average molecular weight is 398 g/mol. The highest BCUT2D eigenvalue weighted by Gasteiger charge is 2.28. The Balaban J connectivity index is 1.57. The first kappa shape index (κ1) is 20.6. The molecule has 0 spiro atoms. The summed E-state index contributed by atoms with van der Waals surface area (Å²) in [5.41, 5.74) is 0.453. The second kappa shape index (κ2) is 9.41. The molecule has 7 heteroatoms. The summed E-state index contributed by atoms with van der Waals surface area (Å²) in [4.78, 5) is 36.9. The Hall–Kier alpha value is -3.09. The Morgan fingerprint density at radius 3 is 2.66 bits per heavy atom. The number of carbonyl (C=O) groups excluding carboxylic acids is 3. The van der Waals surface area contributed by atoms with Crippen molar-refractivity contribution in [3.63, 3.8) is 0 Å². The highest BCUT2D eigenvalue weighted by Crippen LogP contribution is 2.29. The van der Waals surface area contributed by atoms with Crippen LogP contribution in [-0.4, -0.2) is 30.4 Å². The number of benzene rings is 1. The van der Waals surface area contributed by atoms with Crippen molar-refractivity contribution < 1.29 is 23.5 Å². The SMILES string of the molecule is C[C@H]1[C@H](C)CCC[C@@H]1NC(=O)COC(=O)c1ccccc1NC(=O)c1ccco1. The number of rotatable bonds is 6. The van der Waals surface area contributed by atoms with Crippen LogP contribution in [0.4, 0.5) is 5.69 Å². The molecule has 2 amide bonds. The first-order valence-corrected chi connectivity index (χ1v) is 9.86. The molecule has 1 aliphatic rings. The van der Waals surface area contributed by atoms with Gasteiger partial charge in [0.15, 0.2) is 12.4 Å². The monoisotopic (exact) mass is 398 g/mol.